The van der Waals surface area contributed by atoms with Crippen molar-refractivity contribution in [2.75, 3.05) is 5.75 Å². The van der Waals surface area contributed by atoms with Crippen LogP contribution in [-0.4, -0.2) is 32.0 Å². The van der Waals surface area contributed by atoms with Gasteiger partial charge in [0.2, 0.25) is 0 Å². The number of halogens is 1. The van der Waals surface area contributed by atoms with E-state index in [0.717, 1.165) is 5.39 Å². The lowest BCUT2D eigenvalue weighted by Gasteiger charge is -2.17. The first-order valence-corrected chi connectivity index (χ1v) is 6.51. The maximum atomic E-state index is 9.99. The highest BCUT2D eigenvalue weighted by Crippen LogP contribution is 2.25. The van der Waals surface area contributed by atoms with Crippen LogP contribution in [0.4, 0.5) is 0 Å². The highest BCUT2D eigenvalue weighted by molar-refractivity contribution is 7.80. The number of hydrogen-bond donors (Lipinski definition) is 3. The van der Waals surface area contributed by atoms with Crippen LogP contribution in [0.2, 0.25) is 5.15 Å². The molecular weight excluding hydrogens is 272 g/mol. The summed E-state index contributed by atoms with van der Waals surface area (Å²) in [7, 11) is 0. The topological polar surface area (TPSA) is 66.2 Å². The molecule has 0 amide bonds. The number of aliphatic hydroxyl groups excluding tert-OH is 2. The molecule has 0 saturated heterocycles. The Morgan fingerprint density at radius 1 is 1.28 bits per heavy atom. The Labute approximate surface area is 115 Å². The number of nitrogens with zero attached hydrogens (tertiary/aromatic N) is 2. The third-order valence-corrected chi connectivity index (χ3v) is 3.30. The minimum absolute atomic E-state index is 0.372. The van der Waals surface area contributed by atoms with Gasteiger partial charge < -0.3 is 10.2 Å². The molecule has 1 aromatic carbocycles. The standard InChI is InChI=1S/C12H13ClN2O2S/c13-12-8-2-1-7(5-9(8)14-6-15-12)11(17)10(16)3-4-18/h1-2,5-6,10-11,16-18H,3-4H2. The molecule has 4 nitrogen and oxygen atoms in total. The molecule has 0 aliphatic rings. The van der Waals surface area contributed by atoms with E-state index < -0.39 is 12.2 Å². The molecule has 0 bridgehead atoms. The summed E-state index contributed by atoms with van der Waals surface area (Å²) in [5.41, 5.74) is 1.25. The molecule has 2 rings (SSSR count). The predicted octanol–water partition coefficient (Wildman–Crippen LogP) is 2.00. The van der Waals surface area contributed by atoms with E-state index in [1.807, 2.05) is 0 Å². The van der Waals surface area contributed by atoms with Crippen LogP contribution < -0.4 is 0 Å². The fraction of sp³-hybridized carbons (Fsp3) is 0.333. The van der Waals surface area contributed by atoms with Gasteiger partial charge in [0.05, 0.1) is 11.6 Å². The van der Waals surface area contributed by atoms with Crippen molar-refractivity contribution in [1.29, 1.82) is 0 Å². The van der Waals surface area contributed by atoms with Crippen molar-refractivity contribution in [2.45, 2.75) is 18.6 Å². The van der Waals surface area contributed by atoms with E-state index in [4.69, 9.17) is 11.6 Å². The van der Waals surface area contributed by atoms with Crippen LogP contribution in [0.5, 0.6) is 0 Å². The van der Waals surface area contributed by atoms with Gasteiger partial charge in [-0.3, -0.25) is 0 Å². The molecule has 2 N–H and O–H groups in total. The van der Waals surface area contributed by atoms with Crippen molar-refractivity contribution in [3.8, 4) is 0 Å². The Morgan fingerprint density at radius 3 is 2.78 bits per heavy atom. The Hall–Kier alpha value is -0.880. The zero-order valence-electron chi connectivity index (χ0n) is 9.49. The lowest BCUT2D eigenvalue weighted by Crippen LogP contribution is -2.18. The molecule has 6 heteroatoms. The van der Waals surface area contributed by atoms with Gasteiger partial charge in [0, 0.05) is 5.39 Å². The van der Waals surface area contributed by atoms with Crippen LogP contribution in [0.25, 0.3) is 10.9 Å². The number of fused-ring (bicyclic) bond motifs is 1. The normalized spacial score (nSPS) is 14.7. The van der Waals surface area contributed by atoms with Crippen molar-refractivity contribution in [3.63, 3.8) is 0 Å². The lowest BCUT2D eigenvalue weighted by atomic mass is 10.0. The molecule has 0 fully saturated rings. The van der Waals surface area contributed by atoms with Crippen LogP contribution in [0, 0.1) is 0 Å². The van der Waals surface area contributed by atoms with Gasteiger partial charge in [-0.1, -0.05) is 17.7 Å². The zero-order chi connectivity index (χ0) is 13.1. The second kappa shape index (κ2) is 5.84. The molecule has 0 aliphatic carbocycles. The maximum Gasteiger partial charge on any atom is 0.140 e. The number of thiol groups is 1. The molecule has 96 valence electrons. The lowest BCUT2D eigenvalue weighted by molar-refractivity contribution is 0.0173. The van der Waals surface area contributed by atoms with E-state index >= 15 is 0 Å². The molecule has 1 aromatic heterocycles. The number of hydrogen-bond acceptors (Lipinski definition) is 5. The zero-order valence-corrected chi connectivity index (χ0v) is 11.1. The van der Waals surface area contributed by atoms with Gasteiger partial charge in [0.15, 0.2) is 0 Å². The van der Waals surface area contributed by atoms with E-state index in [2.05, 4.69) is 22.6 Å². The average Bonchev–Trinajstić information content (AvgIpc) is 2.38. The molecule has 2 unspecified atom stereocenters. The summed E-state index contributed by atoms with van der Waals surface area (Å²) in [6, 6.07) is 5.16. The Bertz CT molecular complexity index is 553. The van der Waals surface area contributed by atoms with Gasteiger partial charge in [0.25, 0.3) is 0 Å². The Balaban J connectivity index is 2.35. The summed E-state index contributed by atoms with van der Waals surface area (Å²) in [4.78, 5) is 7.97. The highest BCUT2D eigenvalue weighted by Gasteiger charge is 2.18. The van der Waals surface area contributed by atoms with Gasteiger partial charge in [-0.2, -0.15) is 12.6 Å². The molecule has 1 heterocycles. The number of benzene rings is 1. The van der Waals surface area contributed by atoms with E-state index in [9.17, 15) is 10.2 Å². The van der Waals surface area contributed by atoms with Crippen molar-refractivity contribution in [1.82, 2.24) is 9.97 Å². The summed E-state index contributed by atoms with van der Waals surface area (Å²) in [6.07, 6.45) is 0.00483. The summed E-state index contributed by atoms with van der Waals surface area (Å²) in [6.45, 7) is 0. The predicted molar refractivity (Wildman–Crippen MR) is 74.0 cm³/mol. The molecule has 0 spiro atoms. The molecule has 0 aliphatic heterocycles. The van der Waals surface area contributed by atoms with Gasteiger partial charge >= 0.3 is 0 Å². The summed E-state index contributed by atoms with van der Waals surface area (Å²) in [5.74, 6) is 0.514. The van der Waals surface area contributed by atoms with Gasteiger partial charge in [-0.15, -0.1) is 0 Å². The molecule has 18 heavy (non-hydrogen) atoms. The summed E-state index contributed by atoms with van der Waals surface area (Å²) >= 11 is 9.96. The van der Waals surface area contributed by atoms with Crippen molar-refractivity contribution in [3.05, 3.63) is 35.2 Å². The first kappa shape index (κ1) is 13.5. The summed E-state index contributed by atoms with van der Waals surface area (Å²) in [5, 5.41) is 20.8. The van der Waals surface area contributed by atoms with E-state index in [1.165, 1.54) is 6.33 Å². The van der Waals surface area contributed by atoms with Crippen LogP contribution in [-0.2, 0) is 0 Å². The van der Waals surface area contributed by atoms with E-state index in [-0.39, 0.29) is 0 Å². The maximum absolute atomic E-state index is 9.99. The van der Waals surface area contributed by atoms with E-state index in [0.29, 0.717) is 28.4 Å². The van der Waals surface area contributed by atoms with Crippen LogP contribution in [0.1, 0.15) is 18.1 Å². The quantitative estimate of drug-likeness (QED) is 0.593. The smallest absolute Gasteiger partial charge is 0.140 e. The third kappa shape index (κ3) is 2.75. The largest absolute Gasteiger partial charge is 0.390 e. The second-order valence-electron chi connectivity index (χ2n) is 3.97. The average molecular weight is 285 g/mol. The fourth-order valence-electron chi connectivity index (χ4n) is 1.74. The van der Waals surface area contributed by atoms with Gasteiger partial charge in [-0.05, 0) is 29.9 Å². The first-order chi connectivity index (χ1) is 8.63. The van der Waals surface area contributed by atoms with Crippen LogP contribution in [0.3, 0.4) is 0 Å². The number of aliphatic hydroxyl groups is 2. The fourth-order valence-corrected chi connectivity index (χ4v) is 2.21. The van der Waals surface area contributed by atoms with Crippen molar-refractivity contribution in [2.24, 2.45) is 0 Å². The van der Waals surface area contributed by atoms with Crippen molar-refractivity contribution >= 4 is 35.1 Å². The SMILES string of the molecule is OC(CCS)C(O)c1ccc2c(Cl)ncnc2c1. The van der Waals surface area contributed by atoms with Crippen LogP contribution >= 0.6 is 24.2 Å². The third-order valence-electron chi connectivity index (χ3n) is 2.74. The minimum atomic E-state index is -0.949. The van der Waals surface area contributed by atoms with E-state index in [1.54, 1.807) is 18.2 Å². The number of rotatable bonds is 4. The Morgan fingerprint density at radius 2 is 2.06 bits per heavy atom. The number of aromatic nitrogens is 2. The monoisotopic (exact) mass is 284 g/mol. The molecular formula is C12H13ClN2O2S. The molecule has 0 saturated carbocycles. The first-order valence-electron chi connectivity index (χ1n) is 5.50. The Kier molecular flexibility index (Phi) is 4.40. The molecule has 2 aromatic rings. The van der Waals surface area contributed by atoms with Crippen molar-refractivity contribution < 1.29 is 10.2 Å². The van der Waals surface area contributed by atoms with Gasteiger partial charge in [0.1, 0.15) is 17.6 Å². The molecule has 0 radical (unpaired) electrons. The van der Waals surface area contributed by atoms with Crippen LogP contribution in [0.15, 0.2) is 24.5 Å². The van der Waals surface area contributed by atoms with Gasteiger partial charge in [-0.25, -0.2) is 9.97 Å². The molecule has 2 atom stereocenters. The highest BCUT2D eigenvalue weighted by atomic mass is 35.5. The minimum Gasteiger partial charge on any atom is -0.390 e. The second-order valence-corrected chi connectivity index (χ2v) is 4.77. The summed E-state index contributed by atoms with van der Waals surface area (Å²) < 4.78 is 0.